The van der Waals surface area contributed by atoms with Crippen molar-refractivity contribution in [2.75, 3.05) is 0 Å². The Balaban J connectivity index is 2.04. The van der Waals surface area contributed by atoms with Gasteiger partial charge in [0.25, 0.3) is 0 Å². The number of rotatable bonds is 4. The highest BCUT2D eigenvalue weighted by Crippen LogP contribution is 2.64. The summed E-state index contributed by atoms with van der Waals surface area (Å²) in [5.41, 5.74) is -7.44. The number of benzene rings is 1. The number of alkyl halides is 3. The third-order valence-electron chi connectivity index (χ3n) is 5.71. The third-order valence-corrected chi connectivity index (χ3v) is 6.83. The fraction of sp³-hybridized carbons (Fsp3) is 0.588. The molecule has 138 valence electrons. The number of halogens is 3. The van der Waals surface area contributed by atoms with Gasteiger partial charge < -0.3 is 0 Å². The lowest BCUT2D eigenvalue weighted by Crippen LogP contribution is -2.50. The molecule has 3 rings (SSSR count). The number of fused-ring (bicyclic) bond motifs is 2. The van der Waals surface area contributed by atoms with E-state index >= 15 is 0 Å². The molecule has 0 aromatic heterocycles. The Bertz CT molecular complexity index is 786. The van der Waals surface area contributed by atoms with Crippen LogP contribution in [0.5, 0.6) is 0 Å². The molecule has 2 bridgehead atoms. The summed E-state index contributed by atoms with van der Waals surface area (Å²) < 4.78 is 66.6. The Morgan fingerprint density at radius 1 is 1.20 bits per heavy atom. The summed E-state index contributed by atoms with van der Waals surface area (Å²) in [4.78, 5) is 13.0. The van der Waals surface area contributed by atoms with Crippen LogP contribution in [0.1, 0.15) is 43.5 Å². The molecule has 1 aromatic rings. The van der Waals surface area contributed by atoms with Crippen LogP contribution in [0.2, 0.25) is 0 Å². The first-order chi connectivity index (χ1) is 11.4. The molecule has 0 N–H and O–H groups in total. The molecule has 2 aliphatic carbocycles. The van der Waals surface area contributed by atoms with E-state index in [2.05, 4.69) is 0 Å². The highest BCUT2D eigenvalue weighted by Gasteiger charge is 2.68. The van der Waals surface area contributed by atoms with Crippen molar-refractivity contribution in [2.45, 2.75) is 44.2 Å². The average molecular weight is 376 g/mol. The summed E-state index contributed by atoms with van der Waals surface area (Å²) in [6, 6.07) is 8.21. The van der Waals surface area contributed by atoms with Gasteiger partial charge in [-0.1, -0.05) is 44.2 Å². The second-order valence-electron chi connectivity index (χ2n) is 7.47. The van der Waals surface area contributed by atoms with E-state index in [-0.39, 0.29) is 24.5 Å². The maximum Gasteiger partial charge on any atom is 0.523 e. The molecule has 0 amide bonds. The fourth-order valence-electron chi connectivity index (χ4n) is 4.59. The zero-order valence-corrected chi connectivity index (χ0v) is 14.7. The Morgan fingerprint density at radius 3 is 2.36 bits per heavy atom. The number of hydrogen-bond donors (Lipinski definition) is 0. The maximum atomic E-state index is 13.0. The molecule has 0 heterocycles. The standard InChI is InChI=1S/C17H19F3O4S/c1-15(2)12-8-9-16(10-12,24-25(22,23)17(18,19)20)14(15)13(21)11-6-4-3-5-7-11/h3-7,12,14H,8-10H2,1-2H3. The lowest BCUT2D eigenvalue weighted by molar-refractivity contribution is -0.0732. The maximum absolute atomic E-state index is 13.0. The van der Waals surface area contributed by atoms with Crippen molar-refractivity contribution in [3.8, 4) is 0 Å². The second-order valence-corrected chi connectivity index (χ2v) is 9.01. The summed E-state index contributed by atoms with van der Waals surface area (Å²) in [6.07, 6.45) is 0.803. The quantitative estimate of drug-likeness (QED) is 0.454. The van der Waals surface area contributed by atoms with Gasteiger partial charge >= 0.3 is 15.6 Å². The lowest BCUT2D eigenvalue weighted by atomic mass is 9.65. The van der Waals surface area contributed by atoms with E-state index in [1.807, 2.05) is 0 Å². The van der Waals surface area contributed by atoms with Crippen molar-refractivity contribution in [3.63, 3.8) is 0 Å². The van der Waals surface area contributed by atoms with Crippen LogP contribution in [0, 0.1) is 17.3 Å². The van der Waals surface area contributed by atoms with E-state index in [1.54, 1.807) is 44.2 Å². The van der Waals surface area contributed by atoms with Crippen LogP contribution in [-0.2, 0) is 14.3 Å². The largest absolute Gasteiger partial charge is 0.523 e. The molecule has 1 aromatic carbocycles. The minimum atomic E-state index is -5.78. The molecule has 3 atom stereocenters. The predicted octanol–water partition coefficient (Wildman–Crippen LogP) is 3.93. The summed E-state index contributed by atoms with van der Waals surface area (Å²) in [5, 5.41) is 0. The first-order valence-corrected chi connectivity index (χ1v) is 9.43. The molecule has 3 unspecified atom stereocenters. The summed E-state index contributed by atoms with van der Waals surface area (Å²) in [7, 11) is -5.78. The van der Waals surface area contributed by atoms with Gasteiger partial charge in [0.1, 0.15) is 0 Å². The van der Waals surface area contributed by atoms with Gasteiger partial charge in [-0.3, -0.25) is 8.98 Å². The molecule has 25 heavy (non-hydrogen) atoms. The van der Waals surface area contributed by atoms with E-state index in [4.69, 9.17) is 4.18 Å². The number of carbonyl (C=O) groups excluding carboxylic acids is 1. The van der Waals surface area contributed by atoms with Gasteiger partial charge in [0.05, 0.1) is 11.5 Å². The molecule has 2 aliphatic rings. The predicted molar refractivity (Wildman–Crippen MR) is 84.2 cm³/mol. The highest BCUT2D eigenvalue weighted by molar-refractivity contribution is 7.87. The molecule has 8 heteroatoms. The molecule has 0 aliphatic heterocycles. The first-order valence-electron chi connectivity index (χ1n) is 8.02. The molecule has 2 fully saturated rings. The molecular formula is C17H19F3O4S. The van der Waals surface area contributed by atoms with Crippen molar-refractivity contribution >= 4 is 15.9 Å². The van der Waals surface area contributed by atoms with Crippen LogP contribution in [0.15, 0.2) is 30.3 Å². The van der Waals surface area contributed by atoms with Crippen LogP contribution in [-0.4, -0.2) is 25.3 Å². The molecule has 0 radical (unpaired) electrons. The van der Waals surface area contributed by atoms with E-state index in [0.29, 0.717) is 12.0 Å². The normalized spacial score (nSPS) is 31.2. The second kappa shape index (κ2) is 5.54. The lowest BCUT2D eigenvalue weighted by Gasteiger charge is -2.42. The minimum Gasteiger partial charge on any atom is -0.294 e. The Kier molecular flexibility index (Phi) is 4.07. The van der Waals surface area contributed by atoms with Gasteiger partial charge in [0.15, 0.2) is 5.78 Å². The monoisotopic (exact) mass is 376 g/mol. The van der Waals surface area contributed by atoms with Gasteiger partial charge in [-0.2, -0.15) is 21.6 Å². The average Bonchev–Trinajstić information content (AvgIpc) is 2.99. The highest BCUT2D eigenvalue weighted by atomic mass is 32.2. The van der Waals surface area contributed by atoms with Gasteiger partial charge in [0, 0.05) is 5.56 Å². The Labute approximate surface area is 144 Å². The van der Waals surface area contributed by atoms with Crippen LogP contribution in [0.4, 0.5) is 13.2 Å². The van der Waals surface area contributed by atoms with Crippen molar-refractivity contribution in [1.29, 1.82) is 0 Å². The summed E-state index contributed by atoms with van der Waals surface area (Å²) in [5.74, 6) is -1.38. The Hall–Kier alpha value is -1.41. The zero-order chi connectivity index (χ0) is 18.7. The van der Waals surface area contributed by atoms with Crippen LogP contribution >= 0.6 is 0 Å². The van der Waals surface area contributed by atoms with Crippen molar-refractivity contribution in [3.05, 3.63) is 35.9 Å². The smallest absolute Gasteiger partial charge is 0.294 e. The number of carbonyl (C=O) groups is 1. The zero-order valence-electron chi connectivity index (χ0n) is 13.8. The van der Waals surface area contributed by atoms with E-state index < -0.39 is 32.6 Å². The van der Waals surface area contributed by atoms with Gasteiger partial charge in [-0.25, -0.2) is 0 Å². The number of hydrogen-bond acceptors (Lipinski definition) is 4. The van der Waals surface area contributed by atoms with E-state index in [1.165, 1.54) is 0 Å². The number of ketones is 1. The number of Topliss-reactive ketones (excluding diaryl/α,β-unsaturated/α-hetero) is 1. The van der Waals surface area contributed by atoms with Gasteiger partial charge in [-0.15, -0.1) is 0 Å². The Morgan fingerprint density at radius 2 is 1.80 bits per heavy atom. The van der Waals surface area contributed by atoms with Crippen LogP contribution < -0.4 is 0 Å². The SMILES string of the molecule is CC1(C)C2CCC(OS(=O)(=O)C(F)(F)F)(C2)C1C(=O)c1ccccc1. The van der Waals surface area contributed by atoms with Crippen molar-refractivity contribution < 1.29 is 30.6 Å². The van der Waals surface area contributed by atoms with E-state index in [9.17, 15) is 26.4 Å². The minimum absolute atomic E-state index is 0.0615. The molecular weight excluding hydrogens is 357 g/mol. The molecule has 4 nitrogen and oxygen atoms in total. The van der Waals surface area contributed by atoms with Crippen LogP contribution in [0.3, 0.4) is 0 Å². The van der Waals surface area contributed by atoms with Crippen LogP contribution in [0.25, 0.3) is 0 Å². The van der Waals surface area contributed by atoms with E-state index in [0.717, 1.165) is 0 Å². The topological polar surface area (TPSA) is 60.4 Å². The summed E-state index contributed by atoms with van der Waals surface area (Å²) in [6.45, 7) is 3.60. The first kappa shape index (κ1) is 18.4. The summed E-state index contributed by atoms with van der Waals surface area (Å²) >= 11 is 0. The molecule has 0 saturated heterocycles. The van der Waals surface area contributed by atoms with Crippen molar-refractivity contribution in [2.24, 2.45) is 17.3 Å². The van der Waals surface area contributed by atoms with Gasteiger partial charge in [-0.05, 0) is 30.6 Å². The van der Waals surface area contributed by atoms with Crippen molar-refractivity contribution in [1.82, 2.24) is 0 Å². The fourth-order valence-corrected chi connectivity index (χ4v) is 5.37. The molecule has 0 spiro atoms. The van der Waals surface area contributed by atoms with Gasteiger partial charge in [0.2, 0.25) is 0 Å². The third kappa shape index (κ3) is 2.79. The molecule has 2 saturated carbocycles.